The van der Waals surface area contributed by atoms with Gasteiger partial charge in [0, 0.05) is 32.6 Å². The summed E-state index contributed by atoms with van der Waals surface area (Å²) in [5, 5.41) is 20.2. The number of hydrogen-bond donors (Lipinski definition) is 3. The number of hydrogen-bond acceptors (Lipinski definition) is 8. The monoisotopic (exact) mass is 533 g/mol. The van der Waals surface area contributed by atoms with Crippen LogP contribution in [0.15, 0.2) is 60.7 Å². The average Bonchev–Trinajstić information content (AvgIpc) is 3.53. The van der Waals surface area contributed by atoms with Crippen molar-refractivity contribution >= 4 is 55.6 Å². The normalized spacial score (nSPS) is 11.9. The van der Waals surface area contributed by atoms with E-state index in [0.29, 0.717) is 22.8 Å². The summed E-state index contributed by atoms with van der Waals surface area (Å²) in [6.45, 7) is 1.81. The van der Waals surface area contributed by atoms with Gasteiger partial charge in [0.25, 0.3) is 0 Å². The number of nitrogens with two attached hydrogens (primary N) is 1. The summed E-state index contributed by atoms with van der Waals surface area (Å²) in [4.78, 5) is 25.5. The fourth-order valence-electron chi connectivity index (χ4n) is 3.95. The number of nitrogen functional groups attached to an aromatic ring is 1. The number of benzene rings is 2. The zero-order chi connectivity index (χ0) is 26.1. The van der Waals surface area contributed by atoms with E-state index in [9.17, 15) is 9.59 Å². The van der Waals surface area contributed by atoms with Crippen LogP contribution in [0.25, 0.3) is 30.4 Å². The van der Waals surface area contributed by atoms with E-state index in [1.54, 1.807) is 30.5 Å². The number of nitrogens with one attached hydrogen (secondary N) is 1. The molecule has 1 unspecified atom stereocenters. The molecule has 0 aliphatic carbocycles. The molecule has 188 valence electrons. The summed E-state index contributed by atoms with van der Waals surface area (Å²) >= 11 is 3.11. The standard InChI is InChI=1S/C26H23N5O4S2/c1-14(16-6-4-3-5-7-16)35-26(34)28-25-24(29-30-31(25)2)22-13-21-20(37-22)12-19(36-21)17-9-8-15(10-18(17)27)11-23(32)33/h3-10,12-14H,11,27H2,1-2H3,(H,28,34)(H,32,33). The van der Waals surface area contributed by atoms with Gasteiger partial charge in [-0.25, -0.2) is 9.48 Å². The fourth-order valence-corrected chi connectivity index (χ4v) is 6.38. The number of carbonyl (C=O) groups excluding carboxylic acids is 1. The van der Waals surface area contributed by atoms with E-state index in [-0.39, 0.29) is 6.42 Å². The second kappa shape index (κ2) is 10.0. The molecule has 0 aliphatic rings. The lowest BCUT2D eigenvalue weighted by atomic mass is 10.1. The minimum absolute atomic E-state index is 0.0689. The molecule has 0 radical (unpaired) electrons. The van der Waals surface area contributed by atoms with Crippen LogP contribution in [0, 0.1) is 0 Å². The van der Waals surface area contributed by atoms with Crippen LogP contribution in [0.2, 0.25) is 0 Å². The van der Waals surface area contributed by atoms with Gasteiger partial charge in [-0.1, -0.05) is 47.7 Å². The highest BCUT2D eigenvalue weighted by molar-refractivity contribution is 7.31. The van der Waals surface area contributed by atoms with Gasteiger partial charge in [0.1, 0.15) is 11.8 Å². The maximum Gasteiger partial charge on any atom is 0.413 e. The number of thiophene rings is 2. The van der Waals surface area contributed by atoms with Crippen LogP contribution in [0.4, 0.5) is 16.3 Å². The Balaban J connectivity index is 1.36. The van der Waals surface area contributed by atoms with Crippen LogP contribution in [0.5, 0.6) is 0 Å². The number of amides is 1. The summed E-state index contributed by atoms with van der Waals surface area (Å²) in [5.41, 5.74) is 9.74. The zero-order valence-corrected chi connectivity index (χ0v) is 21.6. The number of fused-ring (bicyclic) bond motifs is 1. The third kappa shape index (κ3) is 5.18. The molecule has 0 fully saturated rings. The van der Waals surface area contributed by atoms with Crippen molar-refractivity contribution in [3.05, 3.63) is 71.8 Å². The van der Waals surface area contributed by atoms with Gasteiger partial charge in [0.05, 0.1) is 11.3 Å². The highest BCUT2D eigenvalue weighted by atomic mass is 32.1. The Hall–Kier alpha value is -4.22. The molecule has 1 atom stereocenters. The summed E-state index contributed by atoms with van der Waals surface area (Å²) in [7, 11) is 1.71. The first kappa shape index (κ1) is 24.5. The molecule has 37 heavy (non-hydrogen) atoms. The summed E-state index contributed by atoms with van der Waals surface area (Å²) in [5.74, 6) is -0.453. The van der Waals surface area contributed by atoms with Crippen molar-refractivity contribution in [3.8, 4) is 21.0 Å². The highest BCUT2D eigenvalue weighted by Crippen LogP contribution is 2.43. The van der Waals surface area contributed by atoms with Crippen molar-refractivity contribution in [2.24, 2.45) is 7.05 Å². The Kier molecular flexibility index (Phi) is 6.64. The van der Waals surface area contributed by atoms with Crippen molar-refractivity contribution in [1.82, 2.24) is 15.0 Å². The number of ether oxygens (including phenoxy) is 1. The molecule has 11 heteroatoms. The van der Waals surface area contributed by atoms with Crippen molar-refractivity contribution < 1.29 is 19.4 Å². The van der Waals surface area contributed by atoms with Crippen molar-refractivity contribution in [2.45, 2.75) is 19.4 Å². The number of carboxylic acids is 1. The molecule has 5 aromatic rings. The van der Waals surface area contributed by atoms with Crippen LogP contribution in [0.3, 0.4) is 0 Å². The Bertz CT molecular complexity index is 1570. The molecule has 0 saturated heterocycles. The van der Waals surface area contributed by atoms with E-state index in [0.717, 1.165) is 30.3 Å². The molecular weight excluding hydrogens is 510 g/mol. The largest absolute Gasteiger partial charge is 0.481 e. The lowest BCUT2D eigenvalue weighted by molar-refractivity contribution is -0.136. The summed E-state index contributed by atoms with van der Waals surface area (Å²) in [6, 6.07) is 18.9. The molecule has 2 aromatic carbocycles. The molecule has 0 aliphatic heterocycles. The van der Waals surface area contributed by atoms with Gasteiger partial charge in [0.2, 0.25) is 0 Å². The van der Waals surface area contributed by atoms with E-state index >= 15 is 0 Å². The number of aliphatic carboxylic acids is 1. The zero-order valence-electron chi connectivity index (χ0n) is 20.0. The molecule has 0 bridgehead atoms. The molecule has 9 nitrogen and oxygen atoms in total. The topological polar surface area (TPSA) is 132 Å². The van der Waals surface area contributed by atoms with Gasteiger partial charge < -0.3 is 15.6 Å². The van der Waals surface area contributed by atoms with Crippen molar-refractivity contribution in [3.63, 3.8) is 0 Å². The molecular formula is C26H23N5O4S2. The van der Waals surface area contributed by atoms with E-state index in [4.69, 9.17) is 15.6 Å². The van der Waals surface area contributed by atoms with E-state index in [2.05, 4.69) is 21.7 Å². The molecule has 3 heterocycles. The Morgan fingerprint density at radius 2 is 1.78 bits per heavy atom. The summed E-state index contributed by atoms with van der Waals surface area (Å²) in [6.07, 6.45) is -1.08. The number of rotatable bonds is 7. The number of nitrogens with zero attached hydrogens (tertiary/aromatic N) is 3. The van der Waals surface area contributed by atoms with Crippen LogP contribution in [0.1, 0.15) is 24.2 Å². The highest BCUT2D eigenvalue weighted by Gasteiger charge is 2.21. The first-order chi connectivity index (χ1) is 17.8. The average molecular weight is 534 g/mol. The van der Waals surface area contributed by atoms with Crippen molar-refractivity contribution in [2.75, 3.05) is 11.1 Å². The minimum atomic E-state index is -0.895. The van der Waals surface area contributed by atoms with E-state index in [1.165, 1.54) is 16.0 Å². The maximum atomic E-state index is 12.6. The van der Waals surface area contributed by atoms with Crippen molar-refractivity contribution in [1.29, 1.82) is 0 Å². The van der Waals surface area contributed by atoms with Gasteiger partial charge >= 0.3 is 12.1 Å². The minimum Gasteiger partial charge on any atom is -0.481 e. The first-order valence-corrected chi connectivity index (χ1v) is 13.0. The predicted molar refractivity (Wildman–Crippen MR) is 146 cm³/mol. The molecule has 4 N–H and O–H groups in total. The van der Waals surface area contributed by atoms with Crippen LogP contribution >= 0.6 is 22.7 Å². The second-order valence-electron chi connectivity index (χ2n) is 8.44. The Morgan fingerprint density at radius 3 is 2.49 bits per heavy atom. The van der Waals surface area contributed by atoms with Gasteiger partial charge in [-0.2, -0.15) is 0 Å². The van der Waals surface area contributed by atoms with Gasteiger partial charge in [-0.15, -0.1) is 27.8 Å². The quantitative estimate of drug-likeness (QED) is 0.220. The van der Waals surface area contributed by atoms with Gasteiger partial charge in [0.15, 0.2) is 5.82 Å². The van der Waals surface area contributed by atoms with E-state index < -0.39 is 18.2 Å². The third-order valence-electron chi connectivity index (χ3n) is 5.78. The maximum absolute atomic E-state index is 12.6. The number of carbonyl (C=O) groups is 2. The molecule has 5 rings (SSSR count). The number of anilines is 2. The SMILES string of the molecule is CC(OC(=O)Nc1c(-c2cc3sc(-c4ccc(CC(=O)O)cc4N)cc3s2)nnn1C)c1ccccc1. The van der Waals surface area contributed by atoms with Crippen LogP contribution < -0.4 is 11.1 Å². The Labute approximate surface area is 220 Å². The fraction of sp³-hybridized carbons (Fsp3) is 0.154. The molecule has 3 aromatic heterocycles. The third-order valence-corrected chi connectivity index (χ3v) is 8.11. The second-order valence-corrected chi connectivity index (χ2v) is 10.6. The molecule has 0 saturated carbocycles. The lowest BCUT2D eigenvalue weighted by Crippen LogP contribution is -2.18. The lowest BCUT2D eigenvalue weighted by Gasteiger charge is -2.14. The smallest absolute Gasteiger partial charge is 0.413 e. The number of aromatic nitrogens is 3. The van der Waals surface area contributed by atoms with Gasteiger partial charge in [-0.3, -0.25) is 10.1 Å². The first-order valence-electron chi connectivity index (χ1n) is 11.3. The van der Waals surface area contributed by atoms with Gasteiger partial charge in [-0.05, 0) is 36.2 Å². The molecule has 0 spiro atoms. The number of carboxylic acid groups (broad SMARTS) is 1. The van der Waals surface area contributed by atoms with E-state index in [1.807, 2.05) is 49.4 Å². The summed E-state index contributed by atoms with van der Waals surface area (Å²) < 4.78 is 9.13. The van der Waals surface area contributed by atoms with Crippen LogP contribution in [-0.4, -0.2) is 32.2 Å². The number of aryl methyl sites for hydroxylation is 1. The van der Waals surface area contributed by atoms with Crippen LogP contribution in [-0.2, 0) is 23.0 Å². The predicted octanol–water partition coefficient (Wildman–Crippen LogP) is 5.94. The molecule has 1 amide bonds. The Morgan fingerprint density at radius 1 is 1.08 bits per heavy atom.